The van der Waals surface area contributed by atoms with Crippen molar-refractivity contribution in [2.24, 2.45) is 0 Å². The Morgan fingerprint density at radius 1 is 1.30 bits per heavy atom. The lowest BCUT2D eigenvalue weighted by Gasteiger charge is -2.04. The molecule has 2 rings (SSSR count). The molecule has 0 atom stereocenters. The van der Waals surface area contributed by atoms with E-state index in [0.717, 1.165) is 16.4 Å². The van der Waals surface area contributed by atoms with E-state index in [4.69, 9.17) is 16.3 Å². The molecule has 0 aliphatic heterocycles. The summed E-state index contributed by atoms with van der Waals surface area (Å²) in [5.41, 5.74) is 0.441. The molecule has 0 unspecified atom stereocenters. The molecule has 0 aliphatic rings. The second-order valence-corrected chi connectivity index (χ2v) is 6.71. The molecule has 0 aliphatic carbocycles. The summed E-state index contributed by atoms with van der Waals surface area (Å²) in [7, 11) is 1.66. The molecular weight excluding hydrogens is 401 g/mol. The minimum absolute atomic E-state index is 0. The number of hydrogen-bond acceptors (Lipinski definition) is 6. The van der Waals surface area contributed by atoms with Crippen LogP contribution in [0.4, 0.5) is 0 Å². The maximum Gasteiger partial charge on any atom is 0.270 e. The summed E-state index contributed by atoms with van der Waals surface area (Å²) < 4.78 is 5.63. The Balaban J connectivity index is 0.00000242. The fourth-order valence-corrected chi connectivity index (χ4v) is 3.49. The van der Waals surface area contributed by atoms with Crippen molar-refractivity contribution >= 4 is 65.0 Å². The average molecular weight is 419 g/mol. The SMILES string of the molecule is COCCNCCNC(=O)c1csc(-c2ccc(Cl)s2)n1.Cl.Cl. The molecule has 0 spiro atoms. The van der Waals surface area contributed by atoms with Gasteiger partial charge in [-0.1, -0.05) is 11.6 Å². The molecule has 2 aromatic heterocycles. The van der Waals surface area contributed by atoms with Gasteiger partial charge in [-0.25, -0.2) is 4.98 Å². The van der Waals surface area contributed by atoms with Crippen LogP contribution in [-0.2, 0) is 4.74 Å². The van der Waals surface area contributed by atoms with E-state index in [2.05, 4.69) is 15.6 Å². The standard InChI is InChI=1S/C13H16ClN3O2S2.2ClH/c1-19-7-6-15-4-5-16-12(18)9-8-20-13(17-9)10-2-3-11(14)21-10;;/h2-3,8,15H,4-7H2,1H3,(H,16,18);2*1H. The molecule has 0 aromatic carbocycles. The van der Waals surface area contributed by atoms with Gasteiger partial charge in [-0.2, -0.15) is 0 Å². The second kappa shape index (κ2) is 12.0. The molecule has 0 bridgehead atoms. The van der Waals surface area contributed by atoms with Gasteiger partial charge in [0.1, 0.15) is 10.7 Å². The van der Waals surface area contributed by atoms with Crippen LogP contribution in [0.15, 0.2) is 17.5 Å². The molecule has 0 radical (unpaired) electrons. The summed E-state index contributed by atoms with van der Waals surface area (Å²) >= 11 is 8.80. The zero-order valence-electron chi connectivity index (χ0n) is 12.3. The third kappa shape index (κ3) is 7.34. The Labute approximate surface area is 160 Å². The molecule has 2 aromatic rings. The highest BCUT2D eigenvalue weighted by molar-refractivity contribution is 7.23. The van der Waals surface area contributed by atoms with Crippen LogP contribution < -0.4 is 10.6 Å². The molecule has 1 amide bonds. The van der Waals surface area contributed by atoms with Crippen LogP contribution in [0.2, 0.25) is 4.34 Å². The molecular formula is C13H18Cl3N3O2S2. The van der Waals surface area contributed by atoms with Crippen LogP contribution in [0.3, 0.4) is 0 Å². The third-order valence-corrected chi connectivity index (χ3v) is 4.83. The summed E-state index contributed by atoms with van der Waals surface area (Å²) in [5.74, 6) is -0.159. The minimum Gasteiger partial charge on any atom is -0.383 e. The largest absolute Gasteiger partial charge is 0.383 e. The number of carbonyl (C=O) groups excluding carboxylic acids is 1. The second-order valence-electron chi connectivity index (χ2n) is 4.14. The van der Waals surface area contributed by atoms with Crippen LogP contribution in [-0.4, -0.2) is 44.2 Å². The smallest absolute Gasteiger partial charge is 0.270 e. The molecule has 10 heteroatoms. The van der Waals surface area contributed by atoms with Gasteiger partial charge in [0.05, 0.1) is 15.8 Å². The zero-order valence-corrected chi connectivity index (χ0v) is 16.4. The summed E-state index contributed by atoms with van der Waals surface area (Å²) in [6.07, 6.45) is 0. The van der Waals surface area contributed by atoms with Crippen molar-refractivity contribution in [2.45, 2.75) is 0 Å². The molecule has 130 valence electrons. The highest BCUT2D eigenvalue weighted by Crippen LogP contribution is 2.32. The van der Waals surface area contributed by atoms with Crippen molar-refractivity contribution in [1.82, 2.24) is 15.6 Å². The summed E-state index contributed by atoms with van der Waals surface area (Å²) in [4.78, 5) is 17.3. The van der Waals surface area contributed by atoms with Gasteiger partial charge in [-0.3, -0.25) is 4.79 Å². The van der Waals surface area contributed by atoms with Crippen LogP contribution in [0.5, 0.6) is 0 Å². The van der Waals surface area contributed by atoms with Crippen molar-refractivity contribution < 1.29 is 9.53 Å². The van der Waals surface area contributed by atoms with E-state index < -0.39 is 0 Å². The maximum absolute atomic E-state index is 11.9. The number of hydrogen-bond donors (Lipinski definition) is 2. The van der Waals surface area contributed by atoms with E-state index in [9.17, 15) is 4.79 Å². The number of aromatic nitrogens is 1. The van der Waals surface area contributed by atoms with E-state index in [-0.39, 0.29) is 30.7 Å². The van der Waals surface area contributed by atoms with Crippen molar-refractivity contribution in [3.05, 3.63) is 27.5 Å². The first-order valence-electron chi connectivity index (χ1n) is 6.40. The number of rotatable bonds is 8. The first-order valence-corrected chi connectivity index (χ1v) is 8.47. The van der Waals surface area contributed by atoms with E-state index in [0.29, 0.717) is 29.7 Å². The Morgan fingerprint density at radius 3 is 2.74 bits per heavy atom. The molecule has 5 nitrogen and oxygen atoms in total. The number of nitrogens with zero attached hydrogens (tertiary/aromatic N) is 1. The Hall–Kier alpha value is -0.410. The fraction of sp³-hybridized carbons (Fsp3) is 0.385. The molecule has 0 saturated heterocycles. The number of halogens is 3. The molecule has 2 N–H and O–H groups in total. The maximum atomic E-state index is 11.9. The van der Waals surface area contributed by atoms with E-state index >= 15 is 0 Å². The molecule has 2 heterocycles. The van der Waals surface area contributed by atoms with Crippen molar-refractivity contribution in [3.8, 4) is 9.88 Å². The number of thiophene rings is 1. The Kier molecular flexibility index (Phi) is 11.8. The van der Waals surface area contributed by atoms with Gasteiger partial charge in [0.25, 0.3) is 5.91 Å². The Bertz CT molecular complexity index is 593. The van der Waals surface area contributed by atoms with Gasteiger partial charge in [0, 0.05) is 32.1 Å². The lowest BCUT2D eigenvalue weighted by atomic mass is 10.4. The quantitative estimate of drug-likeness (QED) is 0.645. The number of ether oxygens (including phenoxy) is 1. The van der Waals surface area contributed by atoms with Gasteiger partial charge in [-0.15, -0.1) is 47.5 Å². The van der Waals surface area contributed by atoms with Crippen LogP contribution in [0.1, 0.15) is 10.5 Å². The zero-order chi connectivity index (χ0) is 15.1. The van der Waals surface area contributed by atoms with E-state index in [1.165, 1.54) is 22.7 Å². The number of amides is 1. The normalized spacial score (nSPS) is 9.83. The first kappa shape index (κ1) is 22.6. The topological polar surface area (TPSA) is 63.2 Å². The summed E-state index contributed by atoms with van der Waals surface area (Å²) in [6.45, 7) is 2.69. The highest BCUT2D eigenvalue weighted by atomic mass is 35.5. The molecule has 23 heavy (non-hydrogen) atoms. The lowest BCUT2D eigenvalue weighted by molar-refractivity contribution is 0.0949. The lowest BCUT2D eigenvalue weighted by Crippen LogP contribution is -2.33. The predicted molar refractivity (Wildman–Crippen MR) is 102 cm³/mol. The monoisotopic (exact) mass is 417 g/mol. The average Bonchev–Trinajstić information content (AvgIpc) is 3.11. The van der Waals surface area contributed by atoms with Crippen molar-refractivity contribution in [2.75, 3.05) is 33.4 Å². The van der Waals surface area contributed by atoms with Gasteiger partial charge in [0.15, 0.2) is 0 Å². The van der Waals surface area contributed by atoms with Crippen LogP contribution in [0.25, 0.3) is 9.88 Å². The Morgan fingerprint density at radius 2 is 2.09 bits per heavy atom. The van der Waals surface area contributed by atoms with Crippen molar-refractivity contribution in [3.63, 3.8) is 0 Å². The van der Waals surface area contributed by atoms with Gasteiger partial charge in [-0.05, 0) is 12.1 Å². The van der Waals surface area contributed by atoms with Crippen molar-refractivity contribution in [1.29, 1.82) is 0 Å². The summed E-state index contributed by atoms with van der Waals surface area (Å²) in [6, 6.07) is 3.74. The number of nitrogens with one attached hydrogen (secondary N) is 2. The van der Waals surface area contributed by atoms with Gasteiger partial charge < -0.3 is 15.4 Å². The minimum atomic E-state index is -0.159. The first-order chi connectivity index (χ1) is 10.2. The third-order valence-electron chi connectivity index (χ3n) is 2.59. The van der Waals surface area contributed by atoms with E-state index in [1.54, 1.807) is 12.5 Å². The summed E-state index contributed by atoms with van der Waals surface area (Å²) in [5, 5.41) is 8.56. The van der Waals surface area contributed by atoms with Crippen LogP contribution in [0, 0.1) is 0 Å². The number of methoxy groups -OCH3 is 1. The molecule has 0 saturated carbocycles. The predicted octanol–water partition coefficient (Wildman–Crippen LogP) is 3.33. The highest BCUT2D eigenvalue weighted by Gasteiger charge is 2.12. The van der Waals surface area contributed by atoms with Gasteiger partial charge in [0.2, 0.25) is 0 Å². The van der Waals surface area contributed by atoms with E-state index in [1.807, 2.05) is 12.1 Å². The number of thiazole rings is 1. The number of carbonyl (C=O) groups is 1. The van der Waals surface area contributed by atoms with Gasteiger partial charge >= 0.3 is 0 Å². The van der Waals surface area contributed by atoms with Crippen LogP contribution >= 0.6 is 59.1 Å². The fourth-order valence-electron chi connectivity index (χ4n) is 1.57. The molecule has 0 fully saturated rings.